The predicted octanol–water partition coefficient (Wildman–Crippen LogP) is 3.81. The van der Waals surface area contributed by atoms with Gasteiger partial charge in [0.1, 0.15) is 5.75 Å². The summed E-state index contributed by atoms with van der Waals surface area (Å²) in [5, 5.41) is 5.35. The fourth-order valence-electron chi connectivity index (χ4n) is 4.60. The van der Waals surface area contributed by atoms with Crippen molar-refractivity contribution in [3.63, 3.8) is 0 Å². The Kier molecular flexibility index (Phi) is 4.96. The van der Waals surface area contributed by atoms with Crippen LogP contribution in [-0.4, -0.2) is 44.8 Å². The fraction of sp³-hybridized carbons (Fsp3) is 0.500. The molecular weight excluding hydrogens is 340 g/mol. The number of rotatable bonds is 6. The Labute approximate surface area is 160 Å². The Morgan fingerprint density at radius 1 is 1.19 bits per heavy atom. The number of carbonyl (C=O) groups is 1. The number of hydrogen-bond acceptors (Lipinski definition) is 3. The van der Waals surface area contributed by atoms with E-state index in [4.69, 9.17) is 9.47 Å². The number of methoxy groups -OCH3 is 2. The first-order chi connectivity index (χ1) is 13.2. The zero-order chi connectivity index (χ0) is 18.9. The molecule has 2 amide bonds. The molecular formula is C22H28N2O3. The average molecular weight is 368 g/mol. The Morgan fingerprint density at radius 3 is 2.63 bits per heavy atom. The normalized spacial score (nSPS) is 18.7. The highest BCUT2D eigenvalue weighted by Gasteiger charge is 2.52. The van der Waals surface area contributed by atoms with Gasteiger partial charge in [-0.05, 0) is 35.6 Å². The Hall–Kier alpha value is -2.27. The second kappa shape index (κ2) is 7.39. The predicted molar refractivity (Wildman–Crippen MR) is 106 cm³/mol. The lowest BCUT2D eigenvalue weighted by Gasteiger charge is -2.56. The fourth-order valence-corrected chi connectivity index (χ4v) is 4.60. The second-order valence-corrected chi connectivity index (χ2v) is 7.91. The lowest BCUT2D eigenvalue weighted by atomic mass is 9.61. The van der Waals surface area contributed by atoms with Gasteiger partial charge in [-0.3, -0.25) is 0 Å². The van der Waals surface area contributed by atoms with E-state index >= 15 is 0 Å². The van der Waals surface area contributed by atoms with Crippen molar-refractivity contribution in [2.75, 3.05) is 33.9 Å². The molecule has 0 radical (unpaired) electrons. The Morgan fingerprint density at radius 2 is 1.96 bits per heavy atom. The summed E-state index contributed by atoms with van der Waals surface area (Å²) in [4.78, 5) is 14.6. The van der Waals surface area contributed by atoms with E-state index in [0.29, 0.717) is 12.5 Å². The van der Waals surface area contributed by atoms with E-state index in [0.717, 1.165) is 41.8 Å². The van der Waals surface area contributed by atoms with Crippen LogP contribution < -0.4 is 10.1 Å². The van der Waals surface area contributed by atoms with E-state index in [1.807, 2.05) is 29.2 Å². The molecule has 144 valence electrons. The van der Waals surface area contributed by atoms with Crippen LogP contribution in [0.15, 0.2) is 36.4 Å². The third kappa shape index (κ3) is 3.25. The molecule has 0 spiro atoms. The molecule has 0 unspecified atom stereocenters. The van der Waals surface area contributed by atoms with Gasteiger partial charge in [-0.2, -0.15) is 0 Å². The number of urea groups is 1. The molecule has 0 aromatic heterocycles. The van der Waals surface area contributed by atoms with Crippen LogP contribution in [0.1, 0.15) is 24.8 Å². The van der Waals surface area contributed by atoms with Crippen molar-refractivity contribution >= 4 is 16.8 Å². The third-order valence-corrected chi connectivity index (χ3v) is 6.34. The van der Waals surface area contributed by atoms with E-state index in [9.17, 15) is 4.79 Å². The van der Waals surface area contributed by atoms with Crippen molar-refractivity contribution in [3.05, 3.63) is 42.0 Å². The lowest BCUT2D eigenvalue weighted by Crippen LogP contribution is -2.66. The summed E-state index contributed by atoms with van der Waals surface area (Å²) in [6, 6.07) is 12.2. The van der Waals surface area contributed by atoms with Gasteiger partial charge in [0.25, 0.3) is 0 Å². The van der Waals surface area contributed by atoms with Gasteiger partial charge in [-0.15, -0.1) is 0 Å². The number of fused-ring (bicyclic) bond motifs is 1. The molecule has 1 saturated heterocycles. The molecule has 4 rings (SSSR count). The van der Waals surface area contributed by atoms with Gasteiger partial charge in [0.15, 0.2) is 0 Å². The highest BCUT2D eigenvalue weighted by Crippen LogP contribution is 2.48. The summed E-state index contributed by atoms with van der Waals surface area (Å²) in [5.74, 6) is 1.51. The highest BCUT2D eigenvalue weighted by molar-refractivity contribution is 5.88. The molecule has 0 atom stereocenters. The Balaban J connectivity index is 1.42. The van der Waals surface area contributed by atoms with E-state index in [-0.39, 0.29) is 11.4 Å². The van der Waals surface area contributed by atoms with Crippen molar-refractivity contribution < 1.29 is 14.3 Å². The summed E-state index contributed by atoms with van der Waals surface area (Å²) in [5.41, 5.74) is 1.19. The quantitative estimate of drug-likeness (QED) is 0.844. The molecule has 2 fully saturated rings. The summed E-state index contributed by atoms with van der Waals surface area (Å²) in [6.07, 6.45) is 3.85. The second-order valence-electron chi connectivity index (χ2n) is 7.91. The molecule has 1 N–H and O–H groups in total. The number of hydrogen-bond donors (Lipinski definition) is 1. The molecule has 2 aromatic rings. The molecule has 1 heterocycles. The summed E-state index contributed by atoms with van der Waals surface area (Å²) in [6.45, 7) is 2.80. The largest absolute Gasteiger partial charge is 0.496 e. The zero-order valence-electron chi connectivity index (χ0n) is 16.2. The molecule has 5 nitrogen and oxygen atoms in total. The van der Waals surface area contributed by atoms with Gasteiger partial charge in [-0.25, -0.2) is 4.79 Å². The van der Waals surface area contributed by atoms with E-state index in [2.05, 4.69) is 17.4 Å². The maximum absolute atomic E-state index is 12.7. The standard InChI is InChI=1S/C22H28N2O3/c1-26-15-22(17-7-5-8-17)13-24(14-22)21(25)23-12-19-18-9-4-3-6-16(18)10-11-20(19)27-2/h3-4,6,9-11,17H,5,7-8,12-15H2,1-2H3,(H,23,25). The van der Waals surface area contributed by atoms with Crippen molar-refractivity contribution in [2.24, 2.45) is 11.3 Å². The van der Waals surface area contributed by atoms with Crippen LogP contribution in [0.25, 0.3) is 10.8 Å². The highest BCUT2D eigenvalue weighted by atomic mass is 16.5. The van der Waals surface area contributed by atoms with E-state index in [1.165, 1.54) is 19.3 Å². The third-order valence-electron chi connectivity index (χ3n) is 6.34. The van der Waals surface area contributed by atoms with Crippen LogP contribution in [0, 0.1) is 11.3 Å². The number of benzene rings is 2. The van der Waals surface area contributed by atoms with Crippen LogP contribution in [0.3, 0.4) is 0 Å². The van der Waals surface area contributed by atoms with Crippen LogP contribution in [0.4, 0.5) is 4.79 Å². The van der Waals surface area contributed by atoms with Crippen LogP contribution in [0.5, 0.6) is 5.75 Å². The van der Waals surface area contributed by atoms with Gasteiger partial charge in [0.05, 0.1) is 13.7 Å². The number of amides is 2. The first-order valence-corrected chi connectivity index (χ1v) is 9.73. The number of carbonyl (C=O) groups excluding carboxylic acids is 1. The topological polar surface area (TPSA) is 50.8 Å². The summed E-state index contributed by atoms with van der Waals surface area (Å²) < 4.78 is 11.0. The van der Waals surface area contributed by atoms with E-state index < -0.39 is 0 Å². The number of likely N-dealkylation sites (tertiary alicyclic amines) is 1. The van der Waals surface area contributed by atoms with Crippen molar-refractivity contribution in [1.82, 2.24) is 10.2 Å². The summed E-state index contributed by atoms with van der Waals surface area (Å²) in [7, 11) is 3.43. The van der Waals surface area contributed by atoms with Crippen LogP contribution in [-0.2, 0) is 11.3 Å². The molecule has 1 aliphatic heterocycles. The minimum absolute atomic E-state index is 0.00367. The van der Waals surface area contributed by atoms with Gasteiger partial charge in [0.2, 0.25) is 0 Å². The average Bonchev–Trinajstić information content (AvgIpc) is 2.61. The van der Waals surface area contributed by atoms with Gasteiger partial charge >= 0.3 is 6.03 Å². The first kappa shape index (κ1) is 18.1. The molecule has 1 saturated carbocycles. The lowest BCUT2D eigenvalue weighted by molar-refractivity contribution is -0.0939. The number of ether oxygens (including phenoxy) is 2. The molecule has 0 bridgehead atoms. The molecule has 5 heteroatoms. The Bertz CT molecular complexity index is 825. The summed E-state index contributed by atoms with van der Waals surface area (Å²) >= 11 is 0. The van der Waals surface area contributed by atoms with Crippen molar-refractivity contribution in [2.45, 2.75) is 25.8 Å². The maximum atomic E-state index is 12.7. The number of nitrogens with zero attached hydrogens (tertiary/aromatic N) is 1. The molecule has 2 aromatic carbocycles. The molecule has 27 heavy (non-hydrogen) atoms. The van der Waals surface area contributed by atoms with Crippen molar-refractivity contribution in [3.8, 4) is 5.75 Å². The van der Waals surface area contributed by atoms with Gasteiger partial charge in [-0.1, -0.05) is 36.8 Å². The minimum Gasteiger partial charge on any atom is -0.496 e. The smallest absolute Gasteiger partial charge is 0.317 e. The first-order valence-electron chi connectivity index (χ1n) is 9.73. The molecule has 2 aliphatic rings. The zero-order valence-corrected chi connectivity index (χ0v) is 16.2. The van der Waals surface area contributed by atoms with Crippen molar-refractivity contribution in [1.29, 1.82) is 0 Å². The molecule has 1 aliphatic carbocycles. The monoisotopic (exact) mass is 368 g/mol. The van der Waals surface area contributed by atoms with Gasteiger partial charge < -0.3 is 19.7 Å². The van der Waals surface area contributed by atoms with Crippen LogP contribution in [0.2, 0.25) is 0 Å². The number of nitrogens with one attached hydrogen (secondary N) is 1. The van der Waals surface area contributed by atoms with Gasteiger partial charge in [0, 0.05) is 37.7 Å². The SMILES string of the molecule is COCC1(C2CCC2)CN(C(=O)NCc2c(OC)ccc3ccccc23)C1. The van der Waals surface area contributed by atoms with Crippen LogP contribution >= 0.6 is 0 Å². The minimum atomic E-state index is -0.00367. The maximum Gasteiger partial charge on any atom is 0.317 e. The van der Waals surface area contributed by atoms with E-state index in [1.54, 1.807) is 14.2 Å².